The van der Waals surface area contributed by atoms with E-state index in [4.69, 9.17) is 9.26 Å². The molecule has 3 heterocycles. The molecule has 4 rings (SSSR count). The Hall–Kier alpha value is -3.57. The minimum atomic E-state index is -0.464. The molecular formula is C24H30FN7O3. The number of nitrogens with zero attached hydrogens (tertiary/aromatic N) is 5. The smallest absolute Gasteiger partial charge is 0.254 e. The molecule has 3 aromatic rings. The van der Waals surface area contributed by atoms with Gasteiger partial charge in [-0.2, -0.15) is 0 Å². The predicted molar refractivity (Wildman–Crippen MR) is 128 cm³/mol. The summed E-state index contributed by atoms with van der Waals surface area (Å²) in [5.74, 6) is 0.328. The lowest BCUT2D eigenvalue weighted by molar-refractivity contribution is 0.0949. The molecule has 0 spiro atoms. The fourth-order valence-corrected chi connectivity index (χ4v) is 3.65. The molecule has 2 aromatic heterocycles. The maximum Gasteiger partial charge on any atom is 0.254 e. The maximum absolute atomic E-state index is 14.5. The molecule has 0 aliphatic carbocycles. The number of amides is 1. The first-order chi connectivity index (χ1) is 17.0. The molecule has 0 radical (unpaired) electrons. The number of piperazine rings is 1. The number of carbonyl (C=O) groups is 1. The SMILES string of the molecule is Cc1cc(CNC(=O)c2cnc(Nc3ccc(OCCCN4CCN(C)CC4)c(F)c3)nc2)no1. The molecular weight excluding hydrogens is 453 g/mol. The van der Waals surface area contributed by atoms with Crippen molar-refractivity contribution in [2.75, 3.05) is 51.7 Å². The van der Waals surface area contributed by atoms with Gasteiger partial charge < -0.3 is 29.7 Å². The number of aromatic nitrogens is 3. The quantitative estimate of drug-likeness (QED) is 0.421. The van der Waals surface area contributed by atoms with Crippen LogP contribution in [0.15, 0.2) is 41.2 Å². The molecule has 0 unspecified atom stereocenters. The molecule has 0 saturated carbocycles. The van der Waals surface area contributed by atoms with Crippen molar-refractivity contribution in [2.24, 2.45) is 0 Å². The number of nitrogens with one attached hydrogen (secondary N) is 2. The second-order valence-corrected chi connectivity index (χ2v) is 8.52. The summed E-state index contributed by atoms with van der Waals surface area (Å²) < 4.78 is 25.1. The van der Waals surface area contributed by atoms with Gasteiger partial charge in [-0.05, 0) is 32.5 Å². The van der Waals surface area contributed by atoms with E-state index in [0.717, 1.165) is 39.1 Å². The Morgan fingerprint density at radius 1 is 1.17 bits per heavy atom. The number of aryl methyl sites for hydroxylation is 1. The van der Waals surface area contributed by atoms with E-state index in [1.807, 2.05) is 0 Å². The van der Waals surface area contributed by atoms with Gasteiger partial charge >= 0.3 is 0 Å². The van der Waals surface area contributed by atoms with E-state index in [2.05, 4.69) is 42.6 Å². The zero-order valence-corrected chi connectivity index (χ0v) is 20.0. The van der Waals surface area contributed by atoms with Crippen LogP contribution in [0.25, 0.3) is 0 Å². The second-order valence-electron chi connectivity index (χ2n) is 8.52. The first-order valence-corrected chi connectivity index (χ1v) is 11.6. The Kier molecular flexibility index (Phi) is 8.22. The van der Waals surface area contributed by atoms with Crippen molar-refractivity contribution in [2.45, 2.75) is 19.9 Å². The monoisotopic (exact) mass is 483 g/mol. The second kappa shape index (κ2) is 11.7. The van der Waals surface area contributed by atoms with Gasteiger partial charge in [-0.25, -0.2) is 14.4 Å². The van der Waals surface area contributed by atoms with Crippen molar-refractivity contribution in [3.05, 3.63) is 59.5 Å². The van der Waals surface area contributed by atoms with Crippen LogP contribution < -0.4 is 15.4 Å². The van der Waals surface area contributed by atoms with Gasteiger partial charge in [0.2, 0.25) is 5.95 Å². The topological polar surface area (TPSA) is 109 Å². The van der Waals surface area contributed by atoms with E-state index in [1.54, 1.807) is 25.1 Å². The fourth-order valence-electron chi connectivity index (χ4n) is 3.65. The van der Waals surface area contributed by atoms with Gasteiger partial charge in [-0.15, -0.1) is 0 Å². The van der Waals surface area contributed by atoms with Crippen LogP contribution >= 0.6 is 0 Å². The Bertz CT molecular complexity index is 1110. The van der Waals surface area contributed by atoms with Gasteiger partial charge in [-0.3, -0.25) is 4.79 Å². The van der Waals surface area contributed by atoms with Gasteiger partial charge in [-0.1, -0.05) is 5.16 Å². The summed E-state index contributed by atoms with van der Waals surface area (Å²) in [6.45, 7) is 7.68. The first kappa shape index (κ1) is 24.6. The van der Waals surface area contributed by atoms with Crippen molar-refractivity contribution in [1.82, 2.24) is 30.2 Å². The van der Waals surface area contributed by atoms with Gasteiger partial charge in [0.1, 0.15) is 11.5 Å². The average Bonchev–Trinajstić information content (AvgIpc) is 3.28. The van der Waals surface area contributed by atoms with Gasteiger partial charge in [0, 0.05) is 62.9 Å². The van der Waals surface area contributed by atoms with Crippen LogP contribution in [0.5, 0.6) is 5.75 Å². The molecule has 1 aromatic carbocycles. The summed E-state index contributed by atoms with van der Waals surface area (Å²) in [6.07, 6.45) is 3.63. The highest BCUT2D eigenvalue weighted by Crippen LogP contribution is 2.23. The summed E-state index contributed by atoms with van der Waals surface area (Å²) in [5, 5.41) is 9.48. The fraction of sp³-hybridized carbons (Fsp3) is 0.417. The molecule has 0 bridgehead atoms. The summed E-state index contributed by atoms with van der Waals surface area (Å²) >= 11 is 0. The zero-order chi connectivity index (χ0) is 24.6. The number of halogens is 1. The minimum absolute atomic E-state index is 0.212. The van der Waals surface area contributed by atoms with Crippen molar-refractivity contribution in [1.29, 1.82) is 0 Å². The summed E-state index contributed by atoms with van der Waals surface area (Å²) in [4.78, 5) is 25.2. The third-order valence-corrected chi connectivity index (χ3v) is 5.68. The Balaban J connectivity index is 1.22. The lowest BCUT2D eigenvalue weighted by atomic mass is 10.3. The zero-order valence-electron chi connectivity index (χ0n) is 20.0. The van der Waals surface area contributed by atoms with Crippen LogP contribution in [0.4, 0.5) is 16.0 Å². The average molecular weight is 484 g/mol. The van der Waals surface area contributed by atoms with Crippen LogP contribution in [0.2, 0.25) is 0 Å². The number of rotatable bonds is 10. The first-order valence-electron chi connectivity index (χ1n) is 11.6. The van der Waals surface area contributed by atoms with E-state index in [-0.39, 0.29) is 24.1 Å². The number of benzene rings is 1. The molecule has 1 fully saturated rings. The van der Waals surface area contributed by atoms with Crippen LogP contribution in [-0.4, -0.2) is 77.2 Å². The Morgan fingerprint density at radius 3 is 2.63 bits per heavy atom. The number of likely N-dealkylation sites (N-methyl/N-ethyl adjacent to an activating group) is 1. The van der Waals surface area contributed by atoms with Gasteiger partial charge in [0.05, 0.1) is 18.7 Å². The van der Waals surface area contributed by atoms with E-state index >= 15 is 0 Å². The summed E-state index contributed by atoms with van der Waals surface area (Å²) in [5.41, 5.74) is 1.40. The van der Waals surface area contributed by atoms with E-state index in [0.29, 0.717) is 29.3 Å². The van der Waals surface area contributed by atoms with Gasteiger partial charge in [0.15, 0.2) is 11.6 Å². The molecule has 0 atom stereocenters. The van der Waals surface area contributed by atoms with E-state index in [1.165, 1.54) is 18.5 Å². The highest BCUT2D eigenvalue weighted by atomic mass is 19.1. The molecule has 1 saturated heterocycles. The third-order valence-electron chi connectivity index (χ3n) is 5.68. The summed E-state index contributed by atoms with van der Waals surface area (Å²) in [6, 6.07) is 6.36. The molecule has 186 valence electrons. The highest BCUT2D eigenvalue weighted by Gasteiger charge is 2.13. The van der Waals surface area contributed by atoms with Crippen molar-refractivity contribution >= 4 is 17.5 Å². The summed E-state index contributed by atoms with van der Waals surface area (Å²) in [7, 11) is 2.13. The number of hydrogen-bond acceptors (Lipinski definition) is 9. The Labute approximate surface area is 203 Å². The molecule has 11 heteroatoms. The number of carbonyl (C=O) groups excluding carboxylic acids is 1. The van der Waals surface area contributed by atoms with Crippen LogP contribution in [0, 0.1) is 12.7 Å². The highest BCUT2D eigenvalue weighted by molar-refractivity contribution is 5.93. The van der Waals surface area contributed by atoms with Crippen LogP contribution in [0.1, 0.15) is 28.2 Å². The molecule has 2 N–H and O–H groups in total. The largest absolute Gasteiger partial charge is 0.490 e. The normalized spacial score (nSPS) is 14.6. The lowest BCUT2D eigenvalue weighted by Gasteiger charge is -2.32. The van der Waals surface area contributed by atoms with Crippen LogP contribution in [0.3, 0.4) is 0 Å². The van der Waals surface area contributed by atoms with Crippen molar-refractivity contribution < 1.29 is 18.4 Å². The molecule has 1 amide bonds. The van der Waals surface area contributed by atoms with Crippen LogP contribution in [-0.2, 0) is 6.54 Å². The number of ether oxygens (including phenoxy) is 1. The predicted octanol–water partition coefficient (Wildman–Crippen LogP) is 2.60. The number of anilines is 2. The maximum atomic E-state index is 14.5. The lowest BCUT2D eigenvalue weighted by Crippen LogP contribution is -2.44. The van der Waals surface area contributed by atoms with Crippen molar-refractivity contribution in [3.8, 4) is 5.75 Å². The molecule has 10 nitrogen and oxygen atoms in total. The molecule has 1 aliphatic heterocycles. The molecule has 1 aliphatic rings. The molecule has 35 heavy (non-hydrogen) atoms. The van der Waals surface area contributed by atoms with Crippen molar-refractivity contribution in [3.63, 3.8) is 0 Å². The minimum Gasteiger partial charge on any atom is -0.490 e. The number of hydrogen-bond donors (Lipinski definition) is 2. The van der Waals surface area contributed by atoms with E-state index in [9.17, 15) is 9.18 Å². The standard InChI is InChI=1S/C24H30FN7O3/c1-17-12-20(30-35-17)16-26-23(33)18-14-27-24(28-15-18)29-19-4-5-22(21(25)13-19)34-11-3-6-32-9-7-31(2)8-10-32/h4-5,12-15H,3,6-11,16H2,1-2H3,(H,26,33)(H,27,28,29). The van der Waals surface area contributed by atoms with Gasteiger partial charge in [0.25, 0.3) is 5.91 Å². The van der Waals surface area contributed by atoms with E-state index < -0.39 is 5.82 Å². The third kappa shape index (κ3) is 7.20. The Morgan fingerprint density at radius 2 is 1.94 bits per heavy atom.